The maximum atomic E-state index is 13.0. The van der Waals surface area contributed by atoms with Crippen molar-refractivity contribution in [1.29, 1.82) is 0 Å². The summed E-state index contributed by atoms with van der Waals surface area (Å²) in [7, 11) is 0. The molecule has 0 unspecified atom stereocenters. The Kier molecular flexibility index (Phi) is 6.13. The fourth-order valence-electron chi connectivity index (χ4n) is 2.48. The van der Waals surface area contributed by atoms with Crippen LogP contribution in [0.5, 0.6) is 5.75 Å². The van der Waals surface area contributed by atoms with Gasteiger partial charge in [0.2, 0.25) is 0 Å². The van der Waals surface area contributed by atoms with Gasteiger partial charge < -0.3 is 4.74 Å². The van der Waals surface area contributed by atoms with E-state index in [-0.39, 0.29) is 5.82 Å². The predicted octanol–water partition coefficient (Wildman–Crippen LogP) is 6.26. The molecule has 3 aromatic carbocycles. The second-order valence-electron chi connectivity index (χ2n) is 5.82. The number of thioether (sulfide) groups is 1. The van der Waals surface area contributed by atoms with E-state index in [0.717, 1.165) is 28.4 Å². The minimum absolute atomic E-state index is 0.227. The van der Waals surface area contributed by atoms with E-state index in [9.17, 15) is 4.39 Å². The zero-order valence-electron chi connectivity index (χ0n) is 14.2. The van der Waals surface area contributed by atoms with Gasteiger partial charge in [0.05, 0.1) is 0 Å². The Labute approximate surface area is 152 Å². The number of aryl methyl sites for hydroxylation is 1. The van der Waals surface area contributed by atoms with Crippen LogP contribution < -0.4 is 4.74 Å². The molecule has 0 radical (unpaired) electrons. The molecule has 0 bridgehead atoms. The normalized spacial score (nSPS) is 10.6. The van der Waals surface area contributed by atoms with Gasteiger partial charge in [-0.3, -0.25) is 0 Å². The van der Waals surface area contributed by atoms with Gasteiger partial charge in [-0.2, -0.15) is 0 Å². The van der Waals surface area contributed by atoms with E-state index >= 15 is 0 Å². The molecule has 0 aromatic heterocycles. The fourth-order valence-corrected chi connectivity index (χ4v) is 3.50. The maximum Gasteiger partial charge on any atom is 0.133 e. The van der Waals surface area contributed by atoms with Crippen LogP contribution in [0.15, 0.2) is 77.7 Å². The Balaban J connectivity index is 1.72. The summed E-state index contributed by atoms with van der Waals surface area (Å²) in [6.45, 7) is 2.59. The first kappa shape index (κ1) is 17.6. The molecule has 128 valence electrons. The van der Waals surface area contributed by atoms with Crippen LogP contribution >= 0.6 is 11.8 Å². The second kappa shape index (κ2) is 8.72. The molecule has 3 heteroatoms. The van der Waals surface area contributed by atoms with E-state index < -0.39 is 0 Å². The highest BCUT2D eigenvalue weighted by Gasteiger charge is 2.07. The lowest BCUT2D eigenvalue weighted by atomic mass is 10.2. The first-order chi connectivity index (χ1) is 12.2. The Bertz CT molecular complexity index is 800. The maximum absolute atomic E-state index is 13.0. The van der Waals surface area contributed by atoms with Crippen LogP contribution in [0.1, 0.15) is 23.6 Å². The van der Waals surface area contributed by atoms with Gasteiger partial charge in [-0.25, -0.2) is 4.39 Å². The largest absolute Gasteiger partial charge is 0.488 e. The molecule has 0 aliphatic carbocycles. The summed E-state index contributed by atoms with van der Waals surface area (Å²) >= 11 is 1.78. The lowest BCUT2D eigenvalue weighted by molar-refractivity contribution is 0.298. The molecular formula is C22H21FOS. The molecule has 0 aliphatic heterocycles. The number of hydrogen-bond donors (Lipinski definition) is 0. The molecule has 0 aliphatic rings. The number of ether oxygens (including phenoxy) is 1. The zero-order valence-corrected chi connectivity index (χ0v) is 15.1. The van der Waals surface area contributed by atoms with Gasteiger partial charge in [0.25, 0.3) is 0 Å². The lowest BCUT2D eigenvalue weighted by Crippen LogP contribution is -1.97. The van der Waals surface area contributed by atoms with E-state index in [2.05, 4.69) is 43.3 Å². The fraction of sp³-hybridized carbons (Fsp3) is 0.182. The van der Waals surface area contributed by atoms with E-state index in [4.69, 9.17) is 4.74 Å². The smallest absolute Gasteiger partial charge is 0.133 e. The Morgan fingerprint density at radius 1 is 0.840 bits per heavy atom. The van der Waals surface area contributed by atoms with Crippen molar-refractivity contribution in [2.45, 2.75) is 30.6 Å². The van der Waals surface area contributed by atoms with Crippen molar-refractivity contribution in [2.75, 3.05) is 0 Å². The van der Waals surface area contributed by atoms with Crippen LogP contribution in [0, 0.1) is 5.82 Å². The van der Waals surface area contributed by atoms with Crippen molar-refractivity contribution in [1.82, 2.24) is 0 Å². The minimum atomic E-state index is -0.227. The van der Waals surface area contributed by atoms with Crippen molar-refractivity contribution < 1.29 is 9.13 Å². The quantitative estimate of drug-likeness (QED) is 0.464. The summed E-state index contributed by atoms with van der Waals surface area (Å²) in [6, 6.07) is 23.2. The van der Waals surface area contributed by atoms with E-state index in [1.807, 2.05) is 12.1 Å². The summed E-state index contributed by atoms with van der Waals surface area (Å²) in [5.74, 6) is 1.55. The summed E-state index contributed by atoms with van der Waals surface area (Å²) in [5, 5.41) is 0. The van der Waals surface area contributed by atoms with Gasteiger partial charge in [0.1, 0.15) is 18.2 Å². The first-order valence-corrected chi connectivity index (χ1v) is 9.40. The van der Waals surface area contributed by atoms with Gasteiger partial charge in [-0.05, 0) is 47.4 Å². The van der Waals surface area contributed by atoms with Crippen LogP contribution in [0.4, 0.5) is 4.39 Å². The number of halogens is 1. The van der Waals surface area contributed by atoms with Crippen molar-refractivity contribution in [2.24, 2.45) is 0 Å². The predicted molar refractivity (Wildman–Crippen MR) is 103 cm³/mol. The topological polar surface area (TPSA) is 9.23 Å². The molecule has 0 spiro atoms. The molecule has 3 rings (SSSR count). The van der Waals surface area contributed by atoms with Gasteiger partial charge >= 0.3 is 0 Å². The average Bonchev–Trinajstić information content (AvgIpc) is 2.67. The van der Waals surface area contributed by atoms with Gasteiger partial charge in [-0.15, -0.1) is 11.8 Å². The van der Waals surface area contributed by atoms with E-state index in [1.165, 1.54) is 23.3 Å². The second-order valence-corrected chi connectivity index (χ2v) is 6.84. The average molecular weight is 352 g/mol. The monoisotopic (exact) mass is 352 g/mol. The number of benzene rings is 3. The minimum Gasteiger partial charge on any atom is -0.488 e. The summed E-state index contributed by atoms with van der Waals surface area (Å²) in [4.78, 5) is 1.14. The molecule has 0 fully saturated rings. The Morgan fingerprint density at radius 3 is 2.28 bits per heavy atom. The molecule has 3 aromatic rings. The lowest BCUT2D eigenvalue weighted by Gasteiger charge is -2.13. The highest BCUT2D eigenvalue weighted by Crippen LogP contribution is 2.33. The van der Waals surface area contributed by atoms with Crippen molar-refractivity contribution in [3.05, 3.63) is 95.3 Å². The molecule has 0 saturated heterocycles. The van der Waals surface area contributed by atoms with Crippen LogP contribution in [0.3, 0.4) is 0 Å². The molecular weight excluding hydrogens is 331 g/mol. The molecule has 0 heterocycles. The van der Waals surface area contributed by atoms with Crippen LogP contribution in [0.25, 0.3) is 0 Å². The summed E-state index contributed by atoms with van der Waals surface area (Å²) in [5.41, 5.74) is 3.54. The zero-order chi connectivity index (χ0) is 17.5. The van der Waals surface area contributed by atoms with E-state index in [0.29, 0.717) is 6.61 Å². The molecule has 0 atom stereocenters. The highest BCUT2D eigenvalue weighted by atomic mass is 32.2. The number of hydrogen-bond acceptors (Lipinski definition) is 2. The van der Waals surface area contributed by atoms with Crippen LogP contribution in [-0.2, 0) is 18.8 Å². The Morgan fingerprint density at radius 2 is 1.56 bits per heavy atom. The van der Waals surface area contributed by atoms with Gasteiger partial charge in [0, 0.05) is 10.6 Å². The highest BCUT2D eigenvalue weighted by molar-refractivity contribution is 7.98. The molecule has 0 amide bonds. The van der Waals surface area contributed by atoms with Crippen molar-refractivity contribution in [3.8, 4) is 5.75 Å². The summed E-state index contributed by atoms with van der Waals surface area (Å²) in [6.07, 6.45) is 0.997. The van der Waals surface area contributed by atoms with Gasteiger partial charge in [0.15, 0.2) is 0 Å². The van der Waals surface area contributed by atoms with Gasteiger partial charge in [-0.1, -0.05) is 55.5 Å². The standard InChI is InChI=1S/C22H21FOS/c1-2-17-10-13-21(24-15-18-8-11-20(23)12-9-18)22(14-17)25-16-19-6-4-3-5-7-19/h3-14H,2,15-16H2,1H3. The molecule has 0 N–H and O–H groups in total. The first-order valence-electron chi connectivity index (χ1n) is 8.41. The molecule has 25 heavy (non-hydrogen) atoms. The Hall–Kier alpha value is -2.26. The van der Waals surface area contributed by atoms with E-state index in [1.54, 1.807) is 23.9 Å². The third-order valence-electron chi connectivity index (χ3n) is 3.96. The number of rotatable bonds is 7. The molecule has 0 saturated carbocycles. The third kappa shape index (κ3) is 5.10. The SMILES string of the molecule is CCc1ccc(OCc2ccc(F)cc2)c(SCc2ccccc2)c1. The third-order valence-corrected chi connectivity index (χ3v) is 5.07. The van der Waals surface area contributed by atoms with Crippen LogP contribution in [-0.4, -0.2) is 0 Å². The van der Waals surface area contributed by atoms with Crippen molar-refractivity contribution in [3.63, 3.8) is 0 Å². The summed E-state index contributed by atoms with van der Waals surface area (Å²) < 4.78 is 19.0. The van der Waals surface area contributed by atoms with Crippen LogP contribution in [0.2, 0.25) is 0 Å². The van der Waals surface area contributed by atoms with Crippen molar-refractivity contribution >= 4 is 11.8 Å². The molecule has 1 nitrogen and oxygen atoms in total.